The molecule has 1 fully saturated rings. The van der Waals surface area contributed by atoms with Gasteiger partial charge in [-0.2, -0.15) is 0 Å². The summed E-state index contributed by atoms with van der Waals surface area (Å²) in [7, 11) is 0. The fourth-order valence-electron chi connectivity index (χ4n) is 3.77. The number of hydrogen-bond acceptors (Lipinski definition) is 5. The van der Waals surface area contributed by atoms with Crippen LogP contribution in [0.4, 0.5) is 0 Å². The van der Waals surface area contributed by atoms with Gasteiger partial charge in [0.05, 0.1) is 6.10 Å². The molecule has 0 aromatic heterocycles. The largest absolute Gasteiger partial charge is 0.353 e. The SMILES string of the molecule is CCCCC[C@H]1OC(C)(C)O[C@@H]1/C=C/C(=O)CCCCCCCCOC(C)OCC. The second-order valence-electron chi connectivity index (χ2n) is 8.72. The molecule has 1 rings (SSSR count). The third-order valence-electron chi connectivity index (χ3n) is 5.36. The molecule has 0 aromatic rings. The Balaban J connectivity index is 2.12. The van der Waals surface area contributed by atoms with Gasteiger partial charge in [0.1, 0.15) is 6.10 Å². The van der Waals surface area contributed by atoms with Crippen LogP contribution in [0.3, 0.4) is 0 Å². The van der Waals surface area contributed by atoms with Crippen LogP contribution < -0.4 is 0 Å². The van der Waals surface area contributed by atoms with Crippen molar-refractivity contribution >= 4 is 5.78 Å². The summed E-state index contributed by atoms with van der Waals surface area (Å²) in [6.45, 7) is 11.5. The zero-order valence-corrected chi connectivity index (χ0v) is 20.1. The summed E-state index contributed by atoms with van der Waals surface area (Å²) in [5.74, 6) is -0.380. The summed E-state index contributed by atoms with van der Waals surface area (Å²) in [5.41, 5.74) is 0. The van der Waals surface area contributed by atoms with Crippen LogP contribution in [0, 0.1) is 0 Å². The van der Waals surface area contributed by atoms with Crippen LogP contribution in [0.1, 0.15) is 105 Å². The quantitative estimate of drug-likeness (QED) is 0.145. The van der Waals surface area contributed by atoms with E-state index in [9.17, 15) is 4.79 Å². The van der Waals surface area contributed by atoms with E-state index in [-0.39, 0.29) is 24.3 Å². The van der Waals surface area contributed by atoms with Gasteiger partial charge in [-0.3, -0.25) is 4.79 Å². The van der Waals surface area contributed by atoms with Crippen molar-refractivity contribution in [2.75, 3.05) is 13.2 Å². The van der Waals surface area contributed by atoms with Gasteiger partial charge in [0.15, 0.2) is 17.9 Å². The number of ketones is 1. The molecule has 0 radical (unpaired) electrons. The third-order valence-corrected chi connectivity index (χ3v) is 5.36. The minimum atomic E-state index is -0.568. The first-order valence-electron chi connectivity index (χ1n) is 12.2. The van der Waals surface area contributed by atoms with Crippen molar-refractivity contribution in [3.8, 4) is 0 Å². The zero-order valence-electron chi connectivity index (χ0n) is 20.1. The van der Waals surface area contributed by atoms with Gasteiger partial charge in [-0.1, -0.05) is 51.9 Å². The average Bonchev–Trinajstić information content (AvgIpc) is 2.99. The lowest BCUT2D eigenvalue weighted by Crippen LogP contribution is -2.21. The number of rotatable bonds is 18. The maximum absolute atomic E-state index is 12.2. The van der Waals surface area contributed by atoms with Crippen molar-refractivity contribution in [2.45, 2.75) is 130 Å². The average molecular weight is 427 g/mol. The number of ether oxygens (including phenoxy) is 4. The molecule has 0 N–H and O–H groups in total. The van der Waals surface area contributed by atoms with Crippen LogP contribution in [-0.2, 0) is 23.7 Å². The first-order chi connectivity index (χ1) is 14.4. The fraction of sp³-hybridized carbons (Fsp3) is 0.880. The number of hydrogen-bond donors (Lipinski definition) is 0. The molecule has 0 aromatic carbocycles. The second-order valence-corrected chi connectivity index (χ2v) is 8.72. The van der Waals surface area contributed by atoms with Crippen LogP contribution in [0.15, 0.2) is 12.2 Å². The van der Waals surface area contributed by atoms with Crippen molar-refractivity contribution in [2.24, 2.45) is 0 Å². The van der Waals surface area contributed by atoms with E-state index >= 15 is 0 Å². The summed E-state index contributed by atoms with van der Waals surface area (Å²) in [6.07, 6.45) is 15.2. The molecule has 5 heteroatoms. The lowest BCUT2D eigenvalue weighted by molar-refractivity contribution is -0.143. The number of carbonyl (C=O) groups excluding carboxylic acids is 1. The number of carbonyl (C=O) groups is 1. The highest BCUT2D eigenvalue weighted by molar-refractivity contribution is 5.89. The third kappa shape index (κ3) is 12.8. The highest BCUT2D eigenvalue weighted by Crippen LogP contribution is 2.31. The Kier molecular flexibility index (Phi) is 14.5. The molecule has 176 valence electrons. The molecular formula is C25H46O5. The molecule has 1 heterocycles. The number of allylic oxidation sites excluding steroid dienone is 1. The van der Waals surface area contributed by atoms with Crippen molar-refractivity contribution in [3.63, 3.8) is 0 Å². The van der Waals surface area contributed by atoms with Crippen LogP contribution in [0.25, 0.3) is 0 Å². The van der Waals surface area contributed by atoms with Crippen molar-refractivity contribution in [1.82, 2.24) is 0 Å². The summed E-state index contributed by atoms with van der Waals surface area (Å²) in [6, 6.07) is 0. The Labute approximate surface area is 184 Å². The van der Waals surface area contributed by atoms with E-state index in [1.807, 2.05) is 33.8 Å². The maximum atomic E-state index is 12.2. The fourth-order valence-corrected chi connectivity index (χ4v) is 3.77. The van der Waals surface area contributed by atoms with E-state index in [0.29, 0.717) is 13.0 Å². The van der Waals surface area contributed by atoms with Crippen LogP contribution in [-0.4, -0.2) is 43.3 Å². The van der Waals surface area contributed by atoms with E-state index in [2.05, 4.69) is 6.92 Å². The van der Waals surface area contributed by atoms with Gasteiger partial charge in [0.2, 0.25) is 0 Å². The van der Waals surface area contributed by atoms with Gasteiger partial charge in [-0.25, -0.2) is 0 Å². The standard InChI is InChI=1S/C25H46O5/c1-6-8-13-17-23-24(30-25(4,5)29-23)19-18-22(26)16-14-11-9-10-12-15-20-28-21(3)27-7-2/h18-19,21,23-24H,6-17,20H2,1-5H3/b19-18+/t21?,23-,24-/m1/s1. The van der Waals surface area contributed by atoms with Crippen LogP contribution in [0.5, 0.6) is 0 Å². The van der Waals surface area contributed by atoms with E-state index in [0.717, 1.165) is 38.7 Å². The van der Waals surface area contributed by atoms with Gasteiger partial charge in [-0.15, -0.1) is 0 Å². The Morgan fingerprint density at radius 2 is 1.67 bits per heavy atom. The monoisotopic (exact) mass is 426 g/mol. The predicted octanol–water partition coefficient (Wildman–Crippen LogP) is 6.34. The minimum Gasteiger partial charge on any atom is -0.353 e. The summed E-state index contributed by atoms with van der Waals surface area (Å²) in [4.78, 5) is 12.2. The van der Waals surface area contributed by atoms with Crippen molar-refractivity contribution in [3.05, 3.63) is 12.2 Å². The summed E-state index contributed by atoms with van der Waals surface area (Å²) in [5, 5.41) is 0. The lowest BCUT2D eigenvalue weighted by Gasteiger charge is -2.16. The predicted molar refractivity (Wildman–Crippen MR) is 121 cm³/mol. The van der Waals surface area contributed by atoms with E-state index in [4.69, 9.17) is 18.9 Å². The van der Waals surface area contributed by atoms with Gasteiger partial charge in [0.25, 0.3) is 0 Å². The van der Waals surface area contributed by atoms with Gasteiger partial charge < -0.3 is 18.9 Å². The Morgan fingerprint density at radius 3 is 2.37 bits per heavy atom. The first-order valence-corrected chi connectivity index (χ1v) is 12.2. The molecule has 1 unspecified atom stereocenters. The highest BCUT2D eigenvalue weighted by atomic mass is 16.7. The minimum absolute atomic E-state index is 0.0519. The second kappa shape index (κ2) is 16.0. The molecular weight excluding hydrogens is 380 g/mol. The molecule has 1 aliphatic heterocycles. The van der Waals surface area contributed by atoms with E-state index in [1.54, 1.807) is 6.08 Å². The van der Waals surface area contributed by atoms with Crippen molar-refractivity contribution < 1.29 is 23.7 Å². The van der Waals surface area contributed by atoms with Crippen LogP contribution >= 0.6 is 0 Å². The maximum Gasteiger partial charge on any atom is 0.164 e. The van der Waals surface area contributed by atoms with E-state index in [1.165, 1.54) is 32.1 Å². The molecule has 5 nitrogen and oxygen atoms in total. The summed E-state index contributed by atoms with van der Waals surface area (Å²) >= 11 is 0. The van der Waals surface area contributed by atoms with E-state index < -0.39 is 5.79 Å². The Hall–Kier alpha value is -0.750. The first kappa shape index (κ1) is 27.3. The molecule has 0 bridgehead atoms. The van der Waals surface area contributed by atoms with Gasteiger partial charge >= 0.3 is 0 Å². The van der Waals surface area contributed by atoms with Crippen LogP contribution in [0.2, 0.25) is 0 Å². The number of unbranched alkanes of at least 4 members (excludes halogenated alkanes) is 7. The summed E-state index contributed by atoms with van der Waals surface area (Å²) < 4.78 is 22.9. The molecule has 0 amide bonds. The highest BCUT2D eigenvalue weighted by Gasteiger charge is 2.39. The zero-order chi connectivity index (χ0) is 22.2. The van der Waals surface area contributed by atoms with Crippen molar-refractivity contribution in [1.29, 1.82) is 0 Å². The molecule has 1 aliphatic rings. The Morgan fingerprint density at radius 1 is 0.967 bits per heavy atom. The lowest BCUT2D eigenvalue weighted by atomic mass is 10.0. The van der Waals surface area contributed by atoms with Gasteiger partial charge in [-0.05, 0) is 59.1 Å². The smallest absolute Gasteiger partial charge is 0.164 e. The normalized spacial score (nSPS) is 22.0. The molecule has 0 saturated carbocycles. The molecule has 30 heavy (non-hydrogen) atoms. The molecule has 3 atom stereocenters. The molecule has 0 aliphatic carbocycles. The molecule has 0 spiro atoms. The van der Waals surface area contributed by atoms with Gasteiger partial charge in [0, 0.05) is 19.6 Å². The topological polar surface area (TPSA) is 54.0 Å². The molecule has 1 saturated heterocycles. The Bertz CT molecular complexity index is 474.